The van der Waals surface area contributed by atoms with Gasteiger partial charge in [-0.05, 0) is 30.7 Å². The summed E-state index contributed by atoms with van der Waals surface area (Å²) in [6, 6.07) is 9.45. The van der Waals surface area contributed by atoms with Crippen LogP contribution in [0.1, 0.15) is 21.6 Å². The molecule has 0 bridgehead atoms. The second-order valence-electron chi connectivity index (χ2n) is 6.07. The molecule has 8 heteroatoms. The van der Waals surface area contributed by atoms with E-state index in [1.165, 1.54) is 11.3 Å². The first-order valence-corrected chi connectivity index (χ1v) is 9.68. The molecule has 1 amide bonds. The van der Waals surface area contributed by atoms with Crippen LogP contribution in [0.15, 0.2) is 35.7 Å². The number of carbonyl (C=O) groups excluding carboxylic acids is 1. The van der Waals surface area contributed by atoms with Crippen LogP contribution in [0.2, 0.25) is 5.02 Å². The van der Waals surface area contributed by atoms with Crippen LogP contribution < -0.4 is 11.1 Å². The standard InChI is InChI=1S/C19H21ClN4O2S/c1-12-15(18(21)25)9-17(16-11-27-19(23-16)22-6-7-26-2)24(12)10-13-4-3-5-14(20)8-13/h3-5,8-9,11H,6-7,10H2,1-2H3,(H2,21,25)(H,22,23). The highest BCUT2D eigenvalue weighted by Crippen LogP contribution is 2.30. The maximum Gasteiger partial charge on any atom is 0.250 e. The lowest BCUT2D eigenvalue weighted by Gasteiger charge is -2.11. The molecule has 1 aromatic carbocycles. The Balaban J connectivity index is 1.96. The average molecular weight is 405 g/mol. The van der Waals surface area contributed by atoms with Crippen LogP contribution in [-0.4, -0.2) is 35.7 Å². The Morgan fingerprint density at radius 1 is 1.41 bits per heavy atom. The zero-order chi connectivity index (χ0) is 19.4. The molecule has 27 heavy (non-hydrogen) atoms. The molecule has 3 rings (SSSR count). The molecule has 3 N–H and O–H groups in total. The van der Waals surface area contributed by atoms with Gasteiger partial charge >= 0.3 is 0 Å². The van der Waals surface area contributed by atoms with E-state index in [2.05, 4.69) is 10.3 Å². The lowest BCUT2D eigenvalue weighted by molar-refractivity contribution is 0.0999. The van der Waals surface area contributed by atoms with Crippen molar-refractivity contribution in [1.29, 1.82) is 0 Å². The molecule has 0 aliphatic heterocycles. The quantitative estimate of drug-likeness (QED) is 0.560. The number of amides is 1. The van der Waals surface area contributed by atoms with Gasteiger partial charge < -0.3 is 20.4 Å². The van der Waals surface area contributed by atoms with Gasteiger partial charge in [0.2, 0.25) is 0 Å². The Bertz CT molecular complexity index is 951. The maximum atomic E-state index is 11.8. The van der Waals surface area contributed by atoms with E-state index < -0.39 is 5.91 Å². The molecule has 142 valence electrons. The van der Waals surface area contributed by atoms with Crippen LogP contribution in [0, 0.1) is 6.92 Å². The Morgan fingerprint density at radius 2 is 2.22 bits per heavy atom. The number of halogens is 1. The summed E-state index contributed by atoms with van der Waals surface area (Å²) in [6.45, 7) is 3.74. The number of hydrogen-bond acceptors (Lipinski definition) is 5. The number of ether oxygens (including phenoxy) is 1. The van der Waals surface area contributed by atoms with E-state index >= 15 is 0 Å². The predicted octanol–water partition coefficient (Wildman–Crippen LogP) is 3.78. The lowest BCUT2D eigenvalue weighted by Crippen LogP contribution is -2.12. The number of carbonyl (C=O) groups is 1. The van der Waals surface area contributed by atoms with Crippen LogP contribution in [-0.2, 0) is 11.3 Å². The molecule has 0 atom stereocenters. The van der Waals surface area contributed by atoms with Crippen LogP contribution >= 0.6 is 22.9 Å². The number of methoxy groups -OCH3 is 1. The third-order valence-electron chi connectivity index (χ3n) is 4.21. The van der Waals surface area contributed by atoms with Gasteiger partial charge in [0.05, 0.1) is 23.6 Å². The second-order valence-corrected chi connectivity index (χ2v) is 7.36. The number of benzene rings is 1. The highest BCUT2D eigenvalue weighted by atomic mass is 35.5. The third-order valence-corrected chi connectivity index (χ3v) is 5.25. The van der Waals surface area contributed by atoms with Crippen molar-refractivity contribution in [3.8, 4) is 11.4 Å². The van der Waals surface area contributed by atoms with Crippen molar-refractivity contribution in [2.24, 2.45) is 5.73 Å². The Hall–Kier alpha value is -2.35. The van der Waals surface area contributed by atoms with Crippen LogP contribution in [0.5, 0.6) is 0 Å². The fraction of sp³-hybridized carbons (Fsp3) is 0.263. The highest BCUT2D eigenvalue weighted by molar-refractivity contribution is 7.14. The number of anilines is 1. The minimum absolute atomic E-state index is 0.452. The number of rotatable bonds is 8. The van der Waals surface area contributed by atoms with Gasteiger partial charge in [0.25, 0.3) is 5.91 Å². The summed E-state index contributed by atoms with van der Waals surface area (Å²) in [5.74, 6) is -0.452. The van der Waals surface area contributed by atoms with Crippen molar-refractivity contribution < 1.29 is 9.53 Å². The summed E-state index contributed by atoms with van der Waals surface area (Å²) in [7, 11) is 1.66. The summed E-state index contributed by atoms with van der Waals surface area (Å²) in [6.07, 6.45) is 0. The number of hydrogen-bond donors (Lipinski definition) is 2. The van der Waals surface area contributed by atoms with Gasteiger partial charge in [-0.3, -0.25) is 4.79 Å². The molecule has 0 aliphatic carbocycles. The summed E-state index contributed by atoms with van der Waals surface area (Å²) in [5, 5.41) is 6.66. The summed E-state index contributed by atoms with van der Waals surface area (Å²) >= 11 is 7.62. The summed E-state index contributed by atoms with van der Waals surface area (Å²) in [5.41, 5.74) is 9.53. The molecule has 0 unspecified atom stereocenters. The number of nitrogens with two attached hydrogens (primary N) is 1. The summed E-state index contributed by atoms with van der Waals surface area (Å²) in [4.78, 5) is 16.5. The first-order chi connectivity index (χ1) is 13.0. The monoisotopic (exact) mass is 404 g/mol. The van der Waals surface area contributed by atoms with Crippen molar-refractivity contribution >= 4 is 34.0 Å². The smallest absolute Gasteiger partial charge is 0.250 e. The Kier molecular flexibility index (Phi) is 6.15. The van der Waals surface area contributed by atoms with E-state index in [9.17, 15) is 4.79 Å². The first kappa shape index (κ1) is 19.4. The second kappa shape index (κ2) is 8.56. The Morgan fingerprint density at radius 3 is 2.93 bits per heavy atom. The van der Waals surface area contributed by atoms with Crippen LogP contribution in [0.25, 0.3) is 11.4 Å². The highest BCUT2D eigenvalue weighted by Gasteiger charge is 2.19. The number of nitrogens with one attached hydrogen (secondary N) is 1. The van der Waals surface area contributed by atoms with E-state index in [1.807, 2.05) is 41.1 Å². The molecule has 6 nitrogen and oxygen atoms in total. The van der Waals surface area contributed by atoms with Gasteiger partial charge in [-0.15, -0.1) is 11.3 Å². The normalized spacial score (nSPS) is 10.9. The van der Waals surface area contributed by atoms with Gasteiger partial charge in [0.1, 0.15) is 0 Å². The number of aromatic nitrogens is 2. The van der Waals surface area contributed by atoms with Crippen molar-refractivity contribution in [1.82, 2.24) is 9.55 Å². The van der Waals surface area contributed by atoms with E-state index in [4.69, 9.17) is 22.1 Å². The van der Waals surface area contributed by atoms with E-state index in [1.54, 1.807) is 13.2 Å². The van der Waals surface area contributed by atoms with E-state index in [0.717, 1.165) is 27.8 Å². The fourth-order valence-corrected chi connectivity index (χ4v) is 3.81. The minimum Gasteiger partial charge on any atom is -0.383 e. The molecule has 3 aromatic rings. The molecule has 0 radical (unpaired) electrons. The molecule has 0 spiro atoms. The fourth-order valence-electron chi connectivity index (χ4n) is 2.86. The van der Waals surface area contributed by atoms with Gasteiger partial charge in [-0.2, -0.15) is 0 Å². The molecule has 0 aliphatic rings. The topological polar surface area (TPSA) is 82.2 Å². The minimum atomic E-state index is -0.452. The zero-order valence-corrected chi connectivity index (χ0v) is 16.7. The Labute approximate surface area is 166 Å². The van der Waals surface area contributed by atoms with Crippen LogP contribution in [0.3, 0.4) is 0 Å². The molecular weight excluding hydrogens is 384 g/mol. The predicted molar refractivity (Wildman–Crippen MR) is 110 cm³/mol. The molecular formula is C19H21ClN4O2S. The molecule has 2 heterocycles. The van der Waals surface area contributed by atoms with Gasteiger partial charge in [-0.25, -0.2) is 4.98 Å². The van der Waals surface area contributed by atoms with Crippen molar-refractivity contribution in [2.45, 2.75) is 13.5 Å². The average Bonchev–Trinajstić information content (AvgIpc) is 3.21. The molecule has 0 fully saturated rings. The SMILES string of the molecule is COCCNc1nc(-c2cc(C(N)=O)c(C)n2Cc2cccc(Cl)c2)cs1. The van der Waals surface area contributed by atoms with Gasteiger partial charge in [0.15, 0.2) is 5.13 Å². The van der Waals surface area contributed by atoms with E-state index in [-0.39, 0.29) is 0 Å². The van der Waals surface area contributed by atoms with Gasteiger partial charge in [0, 0.05) is 36.3 Å². The third kappa shape index (κ3) is 4.50. The van der Waals surface area contributed by atoms with Crippen molar-refractivity contribution in [3.63, 3.8) is 0 Å². The van der Waals surface area contributed by atoms with Crippen molar-refractivity contribution in [2.75, 3.05) is 25.6 Å². The van der Waals surface area contributed by atoms with Crippen LogP contribution in [0.4, 0.5) is 5.13 Å². The van der Waals surface area contributed by atoms with Crippen molar-refractivity contribution in [3.05, 3.63) is 57.6 Å². The van der Waals surface area contributed by atoms with Gasteiger partial charge in [-0.1, -0.05) is 23.7 Å². The lowest BCUT2D eigenvalue weighted by atomic mass is 10.2. The largest absolute Gasteiger partial charge is 0.383 e. The summed E-state index contributed by atoms with van der Waals surface area (Å²) < 4.78 is 7.09. The number of primary amides is 1. The zero-order valence-electron chi connectivity index (χ0n) is 15.2. The van der Waals surface area contributed by atoms with E-state index in [0.29, 0.717) is 30.3 Å². The number of nitrogens with zero attached hydrogens (tertiary/aromatic N) is 2. The maximum absolute atomic E-state index is 11.8. The first-order valence-electron chi connectivity index (χ1n) is 8.42. The molecule has 0 saturated heterocycles. The molecule has 2 aromatic heterocycles. The number of thiazole rings is 1. The molecule has 0 saturated carbocycles.